The van der Waals surface area contributed by atoms with Gasteiger partial charge in [-0.25, -0.2) is 4.98 Å². The summed E-state index contributed by atoms with van der Waals surface area (Å²) in [6, 6.07) is 18.0. The van der Waals surface area contributed by atoms with E-state index in [1.807, 2.05) is 56.3 Å². The molecule has 1 amide bonds. The molecule has 4 nitrogen and oxygen atoms in total. The Morgan fingerprint density at radius 3 is 2.62 bits per heavy atom. The summed E-state index contributed by atoms with van der Waals surface area (Å²) in [7, 11) is 0. The maximum absolute atomic E-state index is 12.3. The molecule has 1 unspecified atom stereocenters. The minimum atomic E-state index is -0.155. The summed E-state index contributed by atoms with van der Waals surface area (Å²) < 4.78 is 5.53. The predicted molar refractivity (Wildman–Crippen MR) is 106 cm³/mol. The van der Waals surface area contributed by atoms with Crippen LogP contribution >= 0.6 is 11.8 Å². The van der Waals surface area contributed by atoms with Crippen molar-refractivity contribution in [2.45, 2.75) is 31.4 Å². The minimum Gasteiger partial charge on any atom is -0.444 e. The van der Waals surface area contributed by atoms with Crippen molar-refractivity contribution >= 4 is 17.7 Å². The smallest absolute Gasteiger partial charge is 0.233 e. The first-order valence-corrected chi connectivity index (χ1v) is 9.61. The largest absolute Gasteiger partial charge is 0.444 e. The van der Waals surface area contributed by atoms with Crippen molar-refractivity contribution in [3.05, 3.63) is 77.7 Å². The lowest BCUT2D eigenvalue weighted by molar-refractivity contribution is -0.120. The Morgan fingerprint density at radius 2 is 1.88 bits per heavy atom. The number of oxazole rings is 1. The van der Waals surface area contributed by atoms with E-state index in [4.69, 9.17) is 4.42 Å². The highest BCUT2D eigenvalue weighted by atomic mass is 32.2. The van der Waals surface area contributed by atoms with E-state index >= 15 is 0 Å². The predicted octanol–water partition coefficient (Wildman–Crippen LogP) is 4.59. The molecule has 1 atom stereocenters. The molecule has 134 valence electrons. The second kappa shape index (κ2) is 8.72. The molecule has 0 aliphatic rings. The lowest BCUT2D eigenvalue weighted by atomic mass is 10.1. The number of nitrogens with one attached hydrogen (secondary N) is 1. The van der Waals surface area contributed by atoms with Gasteiger partial charge < -0.3 is 9.73 Å². The van der Waals surface area contributed by atoms with Crippen molar-refractivity contribution in [3.8, 4) is 11.5 Å². The molecule has 0 bridgehead atoms. The first-order valence-electron chi connectivity index (χ1n) is 8.56. The molecule has 3 aromatic rings. The van der Waals surface area contributed by atoms with Crippen LogP contribution < -0.4 is 5.32 Å². The fourth-order valence-electron chi connectivity index (χ4n) is 2.41. The summed E-state index contributed by atoms with van der Waals surface area (Å²) in [5.74, 6) is 1.27. The van der Waals surface area contributed by atoms with Gasteiger partial charge in [0.25, 0.3) is 0 Å². The number of thioether (sulfide) groups is 1. The van der Waals surface area contributed by atoms with Crippen LogP contribution in [0.15, 0.2) is 65.3 Å². The number of rotatable bonds is 7. The SMILES string of the molecule is Cc1ccc(CNC(=O)C(C)SCc2coc(-c3ccccc3)n2)cc1. The molecule has 1 N–H and O–H groups in total. The van der Waals surface area contributed by atoms with Crippen LogP contribution in [0.1, 0.15) is 23.7 Å². The van der Waals surface area contributed by atoms with Crippen molar-refractivity contribution < 1.29 is 9.21 Å². The van der Waals surface area contributed by atoms with E-state index in [0.29, 0.717) is 18.2 Å². The van der Waals surface area contributed by atoms with Crippen LogP contribution in [0.3, 0.4) is 0 Å². The molecule has 3 rings (SSSR count). The molecular formula is C21H22N2O2S. The van der Waals surface area contributed by atoms with E-state index in [1.165, 1.54) is 5.56 Å². The molecule has 26 heavy (non-hydrogen) atoms. The second-order valence-corrected chi connectivity index (χ2v) is 7.50. The lowest BCUT2D eigenvalue weighted by Crippen LogP contribution is -2.30. The van der Waals surface area contributed by atoms with Crippen LogP contribution in [0.4, 0.5) is 0 Å². The Hall–Kier alpha value is -2.53. The Kier molecular flexibility index (Phi) is 6.12. The number of hydrogen-bond donors (Lipinski definition) is 1. The van der Waals surface area contributed by atoms with E-state index in [-0.39, 0.29) is 11.2 Å². The number of nitrogens with zero attached hydrogens (tertiary/aromatic N) is 1. The van der Waals surface area contributed by atoms with Gasteiger partial charge in [-0.3, -0.25) is 4.79 Å². The molecule has 0 fully saturated rings. The van der Waals surface area contributed by atoms with Gasteiger partial charge in [0.2, 0.25) is 11.8 Å². The van der Waals surface area contributed by atoms with E-state index in [1.54, 1.807) is 18.0 Å². The van der Waals surface area contributed by atoms with E-state index < -0.39 is 0 Å². The zero-order valence-electron chi connectivity index (χ0n) is 14.9. The highest BCUT2D eigenvalue weighted by Gasteiger charge is 2.15. The fourth-order valence-corrected chi connectivity index (χ4v) is 3.20. The van der Waals surface area contributed by atoms with Crippen molar-refractivity contribution in [1.29, 1.82) is 0 Å². The van der Waals surface area contributed by atoms with Crippen LogP contribution in [-0.4, -0.2) is 16.1 Å². The molecule has 0 radical (unpaired) electrons. The van der Waals surface area contributed by atoms with Gasteiger partial charge in [0.15, 0.2) is 0 Å². The standard InChI is InChI=1S/C21H22N2O2S/c1-15-8-10-17(11-9-15)12-22-20(24)16(2)26-14-19-13-25-21(23-19)18-6-4-3-5-7-18/h3-11,13,16H,12,14H2,1-2H3,(H,22,24). The van der Waals surface area contributed by atoms with Gasteiger partial charge in [0.1, 0.15) is 6.26 Å². The molecule has 1 aromatic heterocycles. The van der Waals surface area contributed by atoms with E-state index in [0.717, 1.165) is 16.8 Å². The second-order valence-electron chi connectivity index (χ2n) is 6.17. The van der Waals surface area contributed by atoms with Gasteiger partial charge in [0, 0.05) is 17.9 Å². The lowest BCUT2D eigenvalue weighted by Gasteiger charge is -2.11. The molecule has 0 aliphatic heterocycles. The quantitative estimate of drug-likeness (QED) is 0.664. The van der Waals surface area contributed by atoms with Crippen LogP contribution in [0, 0.1) is 6.92 Å². The number of carbonyl (C=O) groups is 1. The van der Waals surface area contributed by atoms with Crippen molar-refractivity contribution in [2.75, 3.05) is 0 Å². The Balaban J connectivity index is 1.47. The zero-order valence-corrected chi connectivity index (χ0v) is 15.8. The molecule has 2 aromatic carbocycles. The van der Waals surface area contributed by atoms with Crippen molar-refractivity contribution in [1.82, 2.24) is 10.3 Å². The monoisotopic (exact) mass is 366 g/mol. The van der Waals surface area contributed by atoms with Crippen LogP contribution in [0.5, 0.6) is 0 Å². The van der Waals surface area contributed by atoms with Crippen molar-refractivity contribution in [2.24, 2.45) is 0 Å². The topological polar surface area (TPSA) is 55.1 Å². The normalized spacial score (nSPS) is 11.9. The van der Waals surface area contributed by atoms with Crippen LogP contribution in [0.25, 0.3) is 11.5 Å². The van der Waals surface area contributed by atoms with Gasteiger partial charge in [-0.2, -0.15) is 0 Å². The third-order valence-corrected chi connectivity index (χ3v) is 5.19. The van der Waals surface area contributed by atoms with Crippen LogP contribution in [0.2, 0.25) is 0 Å². The number of carbonyl (C=O) groups excluding carboxylic acids is 1. The Morgan fingerprint density at radius 1 is 1.15 bits per heavy atom. The Bertz CT molecular complexity index is 844. The summed E-state index contributed by atoms with van der Waals surface area (Å²) in [5.41, 5.74) is 4.11. The summed E-state index contributed by atoms with van der Waals surface area (Å²) in [5, 5.41) is 2.83. The van der Waals surface area contributed by atoms with Crippen LogP contribution in [-0.2, 0) is 17.1 Å². The van der Waals surface area contributed by atoms with Crippen molar-refractivity contribution in [3.63, 3.8) is 0 Å². The fraction of sp³-hybridized carbons (Fsp3) is 0.238. The van der Waals surface area contributed by atoms with Gasteiger partial charge >= 0.3 is 0 Å². The number of aryl methyl sites for hydroxylation is 1. The number of aromatic nitrogens is 1. The molecule has 0 aliphatic carbocycles. The third kappa shape index (κ3) is 4.99. The maximum atomic E-state index is 12.3. The first-order chi connectivity index (χ1) is 12.6. The summed E-state index contributed by atoms with van der Waals surface area (Å²) in [6.07, 6.45) is 1.66. The van der Waals surface area contributed by atoms with E-state index in [2.05, 4.69) is 22.4 Å². The third-order valence-electron chi connectivity index (χ3n) is 4.01. The molecule has 1 heterocycles. The van der Waals surface area contributed by atoms with Gasteiger partial charge in [-0.15, -0.1) is 11.8 Å². The molecular weight excluding hydrogens is 344 g/mol. The highest BCUT2D eigenvalue weighted by molar-refractivity contribution is 7.99. The first kappa shape index (κ1) is 18.3. The van der Waals surface area contributed by atoms with Gasteiger partial charge in [-0.1, -0.05) is 48.0 Å². The summed E-state index contributed by atoms with van der Waals surface area (Å²) >= 11 is 1.55. The summed E-state index contributed by atoms with van der Waals surface area (Å²) in [6.45, 7) is 4.51. The van der Waals surface area contributed by atoms with Gasteiger partial charge in [0.05, 0.1) is 10.9 Å². The average molecular weight is 366 g/mol. The average Bonchev–Trinajstić information content (AvgIpc) is 3.15. The maximum Gasteiger partial charge on any atom is 0.233 e. The summed E-state index contributed by atoms with van der Waals surface area (Å²) in [4.78, 5) is 16.7. The zero-order chi connectivity index (χ0) is 18.4. The Labute approximate surface area is 158 Å². The van der Waals surface area contributed by atoms with Gasteiger partial charge in [-0.05, 0) is 31.5 Å². The molecule has 0 saturated heterocycles. The molecule has 5 heteroatoms. The molecule has 0 saturated carbocycles. The molecule has 0 spiro atoms. The van der Waals surface area contributed by atoms with E-state index in [9.17, 15) is 4.79 Å². The number of benzene rings is 2. The number of hydrogen-bond acceptors (Lipinski definition) is 4. The minimum absolute atomic E-state index is 0.0300. The highest BCUT2D eigenvalue weighted by Crippen LogP contribution is 2.22. The number of amides is 1.